The molecule has 0 radical (unpaired) electrons. The molecule has 0 bridgehead atoms. The van der Waals surface area contributed by atoms with Gasteiger partial charge in [-0.2, -0.15) is 0 Å². The summed E-state index contributed by atoms with van der Waals surface area (Å²) >= 11 is 0. The first-order valence-electron chi connectivity index (χ1n) is 6.06. The number of benzene rings is 2. The molecule has 0 aromatic heterocycles. The van der Waals surface area contributed by atoms with Gasteiger partial charge in [0.2, 0.25) is 0 Å². The number of hydrogen-bond acceptors (Lipinski definition) is 2. The first-order valence-corrected chi connectivity index (χ1v) is 6.06. The second-order valence-corrected chi connectivity index (χ2v) is 4.38. The monoisotopic (exact) mass is 281 g/mol. The summed E-state index contributed by atoms with van der Waals surface area (Å²) in [7, 11) is 1.38. The Morgan fingerprint density at radius 3 is 2.35 bits per heavy atom. The molecule has 1 atom stereocenters. The summed E-state index contributed by atoms with van der Waals surface area (Å²) in [5.74, 6) is -1.67. The third kappa shape index (κ3) is 3.04. The average Bonchev–Trinajstić information content (AvgIpc) is 2.41. The van der Waals surface area contributed by atoms with E-state index in [9.17, 15) is 13.2 Å². The summed E-state index contributed by atoms with van der Waals surface area (Å²) in [5.41, 5.74) is 0.794. The van der Waals surface area contributed by atoms with E-state index in [2.05, 4.69) is 5.32 Å². The Balaban J connectivity index is 2.19. The molecule has 20 heavy (non-hydrogen) atoms. The maximum Gasteiger partial charge on any atom is 0.165 e. The molecular formula is C15H14F3NO. The Kier molecular flexibility index (Phi) is 4.17. The first kappa shape index (κ1) is 14.2. The van der Waals surface area contributed by atoms with E-state index >= 15 is 0 Å². The standard InChI is InChI=1S/C15H14F3NO/c1-9(10-3-6-15(20-2)13(18)7-10)19-14-5-4-11(16)8-12(14)17/h3-9,19H,1-2H3. The fourth-order valence-corrected chi connectivity index (χ4v) is 1.88. The smallest absolute Gasteiger partial charge is 0.165 e. The van der Waals surface area contributed by atoms with Gasteiger partial charge < -0.3 is 10.1 Å². The Morgan fingerprint density at radius 2 is 1.75 bits per heavy atom. The number of methoxy groups -OCH3 is 1. The molecular weight excluding hydrogens is 267 g/mol. The van der Waals surface area contributed by atoms with Gasteiger partial charge in [-0.25, -0.2) is 13.2 Å². The quantitative estimate of drug-likeness (QED) is 0.902. The summed E-state index contributed by atoms with van der Waals surface area (Å²) in [6.45, 7) is 1.75. The molecule has 2 aromatic rings. The van der Waals surface area contributed by atoms with Gasteiger partial charge in [0, 0.05) is 12.1 Å². The fourth-order valence-electron chi connectivity index (χ4n) is 1.88. The van der Waals surface area contributed by atoms with E-state index in [4.69, 9.17) is 4.74 Å². The molecule has 2 aromatic carbocycles. The van der Waals surface area contributed by atoms with Gasteiger partial charge in [-0.1, -0.05) is 6.07 Å². The second-order valence-electron chi connectivity index (χ2n) is 4.38. The van der Waals surface area contributed by atoms with Gasteiger partial charge in [-0.05, 0) is 36.8 Å². The van der Waals surface area contributed by atoms with E-state index in [0.29, 0.717) is 5.56 Å². The van der Waals surface area contributed by atoms with Crippen LogP contribution in [-0.2, 0) is 0 Å². The topological polar surface area (TPSA) is 21.3 Å². The van der Waals surface area contributed by atoms with Crippen LogP contribution in [0.2, 0.25) is 0 Å². The molecule has 0 aliphatic rings. The van der Waals surface area contributed by atoms with Crippen LogP contribution in [0.4, 0.5) is 18.9 Å². The van der Waals surface area contributed by atoms with Crippen molar-refractivity contribution in [2.24, 2.45) is 0 Å². The predicted octanol–water partition coefficient (Wildman–Crippen LogP) is 4.29. The first-order chi connectivity index (χ1) is 9.51. The molecule has 0 saturated carbocycles. The second kappa shape index (κ2) is 5.86. The summed E-state index contributed by atoms with van der Waals surface area (Å²) in [5, 5.41) is 2.87. The Morgan fingerprint density at radius 1 is 1.00 bits per heavy atom. The van der Waals surface area contributed by atoms with E-state index < -0.39 is 17.5 Å². The minimum atomic E-state index is -0.689. The van der Waals surface area contributed by atoms with Crippen LogP contribution in [0.5, 0.6) is 5.75 Å². The lowest BCUT2D eigenvalue weighted by Crippen LogP contribution is -2.08. The van der Waals surface area contributed by atoms with Gasteiger partial charge in [0.15, 0.2) is 11.6 Å². The van der Waals surface area contributed by atoms with Crippen molar-refractivity contribution in [3.8, 4) is 5.75 Å². The number of nitrogens with one attached hydrogen (secondary N) is 1. The number of rotatable bonds is 4. The summed E-state index contributed by atoms with van der Waals surface area (Å²) in [6, 6.07) is 7.43. The Labute approximate surface area is 115 Å². The summed E-state index contributed by atoms with van der Waals surface area (Å²) in [6.07, 6.45) is 0. The van der Waals surface area contributed by atoms with Gasteiger partial charge in [0.25, 0.3) is 0 Å². The van der Waals surface area contributed by atoms with Crippen LogP contribution in [0.15, 0.2) is 36.4 Å². The zero-order valence-electron chi connectivity index (χ0n) is 11.1. The molecule has 1 unspecified atom stereocenters. The number of halogens is 3. The van der Waals surface area contributed by atoms with Crippen molar-refractivity contribution in [1.82, 2.24) is 0 Å². The van der Waals surface area contributed by atoms with Gasteiger partial charge in [0.05, 0.1) is 12.8 Å². The average molecular weight is 281 g/mol. The molecule has 0 heterocycles. The van der Waals surface area contributed by atoms with Gasteiger partial charge in [-0.15, -0.1) is 0 Å². The Bertz CT molecular complexity index is 616. The van der Waals surface area contributed by atoms with E-state index in [1.807, 2.05) is 0 Å². The normalized spacial score (nSPS) is 12.1. The fraction of sp³-hybridized carbons (Fsp3) is 0.200. The third-order valence-electron chi connectivity index (χ3n) is 2.98. The van der Waals surface area contributed by atoms with Crippen molar-refractivity contribution in [2.75, 3.05) is 12.4 Å². The summed E-state index contributed by atoms with van der Waals surface area (Å²) < 4.78 is 44.8. The predicted molar refractivity (Wildman–Crippen MR) is 71.3 cm³/mol. The van der Waals surface area contributed by atoms with E-state index in [-0.39, 0.29) is 17.5 Å². The van der Waals surface area contributed by atoms with Crippen molar-refractivity contribution in [3.63, 3.8) is 0 Å². The number of anilines is 1. The van der Waals surface area contributed by atoms with Crippen molar-refractivity contribution in [1.29, 1.82) is 0 Å². The highest BCUT2D eigenvalue weighted by atomic mass is 19.1. The van der Waals surface area contributed by atoms with Crippen LogP contribution in [0.3, 0.4) is 0 Å². The third-order valence-corrected chi connectivity index (χ3v) is 2.98. The Hall–Kier alpha value is -2.17. The molecule has 0 spiro atoms. The van der Waals surface area contributed by atoms with E-state index in [1.165, 1.54) is 25.3 Å². The highest BCUT2D eigenvalue weighted by Crippen LogP contribution is 2.25. The lowest BCUT2D eigenvalue weighted by Gasteiger charge is -2.17. The highest BCUT2D eigenvalue weighted by Gasteiger charge is 2.12. The SMILES string of the molecule is COc1ccc(C(C)Nc2ccc(F)cc2F)cc1F. The van der Waals surface area contributed by atoms with Crippen LogP contribution in [0, 0.1) is 17.5 Å². The maximum absolute atomic E-state index is 13.6. The van der Waals surface area contributed by atoms with E-state index in [1.54, 1.807) is 13.0 Å². The lowest BCUT2D eigenvalue weighted by molar-refractivity contribution is 0.386. The number of ether oxygens (including phenoxy) is 1. The summed E-state index contributed by atoms with van der Waals surface area (Å²) in [4.78, 5) is 0. The van der Waals surface area contributed by atoms with Gasteiger partial charge in [-0.3, -0.25) is 0 Å². The van der Waals surface area contributed by atoms with Crippen molar-refractivity contribution in [3.05, 3.63) is 59.4 Å². The molecule has 1 N–H and O–H groups in total. The van der Waals surface area contributed by atoms with Gasteiger partial charge in [0.1, 0.15) is 11.6 Å². The molecule has 0 amide bonds. The molecule has 0 fully saturated rings. The van der Waals surface area contributed by atoms with Crippen LogP contribution in [-0.4, -0.2) is 7.11 Å². The molecule has 5 heteroatoms. The van der Waals surface area contributed by atoms with Crippen LogP contribution in [0.1, 0.15) is 18.5 Å². The largest absolute Gasteiger partial charge is 0.494 e. The van der Waals surface area contributed by atoms with Crippen LogP contribution in [0.25, 0.3) is 0 Å². The zero-order valence-corrected chi connectivity index (χ0v) is 11.1. The van der Waals surface area contributed by atoms with Crippen molar-refractivity contribution in [2.45, 2.75) is 13.0 Å². The van der Waals surface area contributed by atoms with Crippen LogP contribution < -0.4 is 10.1 Å². The maximum atomic E-state index is 13.6. The minimum Gasteiger partial charge on any atom is -0.494 e. The molecule has 0 aliphatic carbocycles. The molecule has 2 rings (SSSR count). The van der Waals surface area contributed by atoms with Crippen molar-refractivity contribution < 1.29 is 17.9 Å². The number of hydrogen-bond donors (Lipinski definition) is 1. The van der Waals surface area contributed by atoms with Crippen LogP contribution >= 0.6 is 0 Å². The molecule has 0 aliphatic heterocycles. The highest BCUT2D eigenvalue weighted by molar-refractivity contribution is 5.47. The lowest BCUT2D eigenvalue weighted by atomic mass is 10.1. The van der Waals surface area contributed by atoms with Gasteiger partial charge >= 0.3 is 0 Å². The van der Waals surface area contributed by atoms with E-state index in [0.717, 1.165) is 12.1 Å². The zero-order chi connectivity index (χ0) is 14.7. The molecule has 0 saturated heterocycles. The molecule has 106 valence electrons. The minimum absolute atomic E-state index is 0.147. The van der Waals surface area contributed by atoms with Crippen molar-refractivity contribution >= 4 is 5.69 Å². The molecule has 2 nitrogen and oxygen atoms in total.